The molecule has 9 nitrogen and oxygen atoms in total. The van der Waals surface area contributed by atoms with Gasteiger partial charge in [-0.05, 0) is 91.4 Å². The van der Waals surface area contributed by atoms with Gasteiger partial charge < -0.3 is 29.5 Å². The van der Waals surface area contributed by atoms with E-state index in [-0.39, 0.29) is 41.0 Å². The summed E-state index contributed by atoms with van der Waals surface area (Å²) >= 11 is 0. The summed E-state index contributed by atoms with van der Waals surface area (Å²) in [6, 6.07) is 0. The van der Waals surface area contributed by atoms with Crippen molar-refractivity contribution in [1.82, 2.24) is 0 Å². The molecule has 0 aromatic rings. The Morgan fingerprint density at radius 1 is 1.04 bits per heavy atom. The van der Waals surface area contributed by atoms with Gasteiger partial charge in [-0.3, -0.25) is 9.59 Å². The molecule has 0 aromatic carbocycles. The van der Waals surface area contributed by atoms with E-state index in [1.54, 1.807) is 0 Å². The van der Waals surface area contributed by atoms with Crippen molar-refractivity contribution in [3.05, 3.63) is 11.1 Å². The molecule has 0 radical (unpaired) electrons. The molecular weight excluding hydrogens is 576 g/mol. The van der Waals surface area contributed by atoms with E-state index in [0.717, 1.165) is 32.1 Å². The molecule has 0 spiro atoms. The molecule has 5 aliphatic rings. The maximum Gasteiger partial charge on any atom is 0.331 e. The summed E-state index contributed by atoms with van der Waals surface area (Å²) in [7, 11) is 0. The van der Waals surface area contributed by atoms with Crippen molar-refractivity contribution in [1.29, 1.82) is 0 Å². The van der Waals surface area contributed by atoms with E-state index in [2.05, 4.69) is 34.6 Å². The van der Waals surface area contributed by atoms with Gasteiger partial charge in [0.15, 0.2) is 0 Å². The van der Waals surface area contributed by atoms with Crippen molar-refractivity contribution in [3.63, 3.8) is 0 Å². The molecule has 0 bridgehead atoms. The summed E-state index contributed by atoms with van der Waals surface area (Å²) in [5.74, 6) is -2.35. The molecule has 5 rings (SSSR count). The molecule has 3 N–H and O–H groups in total. The number of ether oxygens (including phenoxy) is 3. The fraction of sp³-hybridized carbons (Fsp3) is 0.861. The molecule has 1 heterocycles. The molecule has 9 heteroatoms. The lowest BCUT2D eigenvalue weighted by molar-refractivity contribution is -0.289. The minimum absolute atomic E-state index is 0.0255. The van der Waals surface area contributed by atoms with Crippen molar-refractivity contribution in [2.24, 2.45) is 51.8 Å². The summed E-state index contributed by atoms with van der Waals surface area (Å²) in [6.07, 6.45) is 2.70. The van der Waals surface area contributed by atoms with Gasteiger partial charge in [0.1, 0.15) is 12.2 Å². The van der Waals surface area contributed by atoms with Crippen molar-refractivity contribution < 1.29 is 43.9 Å². The average molecular weight is 633 g/mol. The third-order valence-corrected chi connectivity index (χ3v) is 13.4. The Labute approximate surface area is 268 Å². The Balaban J connectivity index is 1.62. The van der Waals surface area contributed by atoms with Gasteiger partial charge in [-0.2, -0.15) is 0 Å². The van der Waals surface area contributed by atoms with Crippen LogP contribution >= 0.6 is 0 Å². The highest BCUT2D eigenvalue weighted by molar-refractivity contribution is 5.88. The first kappa shape index (κ1) is 34.4. The standard InChI is InChI=1S/C36H56O9/c1-19(2)9-8-10-23(32(40)41)28-24-11-12-27-34(5)15-13-25(38)20(3)29(34)30(45-33(42)22-14-16-43-18-22)31(39)36(27,7)35(24,6)17-26(28)44-21(4)37/h19-20,22,24-27,29-31,38-39H,8-18H2,1-7H3,(H,40,41)/b28-23-. The van der Waals surface area contributed by atoms with E-state index in [0.29, 0.717) is 56.0 Å². The minimum Gasteiger partial charge on any atom is -0.478 e. The van der Waals surface area contributed by atoms with Crippen LogP contribution in [0.5, 0.6) is 0 Å². The number of aliphatic hydroxyl groups excluding tert-OH is 2. The van der Waals surface area contributed by atoms with Crippen LogP contribution < -0.4 is 0 Å². The second-order valence-corrected chi connectivity index (χ2v) is 16.1. The van der Waals surface area contributed by atoms with E-state index in [9.17, 15) is 29.7 Å². The Morgan fingerprint density at radius 3 is 2.36 bits per heavy atom. The number of carbonyl (C=O) groups is 3. The topological polar surface area (TPSA) is 140 Å². The van der Waals surface area contributed by atoms with Gasteiger partial charge in [0.2, 0.25) is 0 Å². The third kappa shape index (κ3) is 5.56. The van der Waals surface area contributed by atoms with Crippen LogP contribution in [0.4, 0.5) is 0 Å². The van der Waals surface area contributed by atoms with Crippen LogP contribution in [0.2, 0.25) is 0 Å². The molecule has 12 atom stereocenters. The Hall–Kier alpha value is -1.97. The zero-order chi connectivity index (χ0) is 33.1. The molecule has 1 aliphatic heterocycles. The predicted octanol–water partition coefficient (Wildman–Crippen LogP) is 5.30. The molecule has 4 saturated carbocycles. The van der Waals surface area contributed by atoms with Gasteiger partial charge in [-0.25, -0.2) is 4.79 Å². The van der Waals surface area contributed by atoms with Crippen molar-refractivity contribution >= 4 is 17.9 Å². The van der Waals surface area contributed by atoms with E-state index >= 15 is 0 Å². The van der Waals surface area contributed by atoms with Gasteiger partial charge in [0.05, 0.1) is 24.7 Å². The number of hydrogen-bond donors (Lipinski definition) is 3. The van der Waals surface area contributed by atoms with Crippen molar-refractivity contribution in [2.75, 3.05) is 13.2 Å². The summed E-state index contributed by atoms with van der Waals surface area (Å²) in [4.78, 5) is 38.8. The predicted molar refractivity (Wildman–Crippen MR) is 167 cm³/mol. The first-order valence-corrected chi connectivity index (χ1v) is 17.4. The van der Waals surface area contributed by atoms with E-state index < -0.39 is 47.2 Å². The van der Waals surface area contributed by atoms with Crippen LogP contribution in [0, 0.1) is 51.8 Å². The van der Waals surface area contributed by atoms with Crippen molar-refractivity contribution in [2.45, 2.75) is 131 Å². The van der Waals surface area contributed by atoms with Crippen LogP contribution in [0.25, 0.3) is 0 Å². The number of rotatable bonds is 8. The van der Waals surface area contributed by atoms with Gasteiger partial charge in [0, 0.05) is 30.4 Å². The zero-order valence-corrected chi connectivity index (χ0v) is 28.3. The number of aliphatic carboxylic acids is 1. The highest BCUT2D eigenvalue weighted by Crippen LogP contribution is 2.74. The number of carbonyl (C=O) groups excluding carboxylic acids is 2. The average Bonchev–Trinajstić information content (AvgIpc) is 3.59. The monoisotopic (exact) mass is 632 g/mol. The van der Waals surface area contributed by atoms with Gasteiger partial charge in [-0.1, -0.05) is 48.0 Å². The Bertz CT molecular complexity index is 1190. The number of carboxylic acid groups (broad SMARTS) is 1. The van der Waals surface area contributed by atoms with Gasteiger partial charge >= 0.3 is 17.9 Å². The lowest BCUT2D eigenvalue weighted by atomic mass is 9.35. The molecule has 1 saturated heterocycles. The minimum atomic E-state index is -1.06. The Morgan fingerprint density at radius 2 is 1.76 bits per heavy atom. The largest absolute Gasteiger partial charge is 0.478 e. The highest BCUT2D eigenvalue weighted by Gasteiger charge is 2.74. The number of fused-ring (bicyclic) bond motifs is 5. The lowest BCUT2D eigenvalue weighted by Gasteiger charge is -2.70. The van der Waals surface area contributed by atoms with Gasteiger partial charge in [0.25, 0.3) is 0 Å². The molecule has 5 fully saturated rings. The molecular formula is C36H56O9. The summed E-state index contributed by atoms with van der Waals surface area (Å²) in [5, 5.41) is 34.2. The second kappa shape index (κ2) is 12.6. The summed E-state index contributed by atoms with van der Waals surface area (Å²) in [5.41, 5.74) is -0.730. The Kier molecular flexibility index (Phi) is 9.60. The number of hydrogen-bond acceptors (Lipinski definition) is 8. The molecule has 0 amide bonds. The van der Waals surface area contributed by atoms with Crippen LogP contribution in [0.3, 0.4) is 0 Å². The maximum absolute atomic E-state index is 13.5. The number of esters is 2. The van der Waals surface area contributed by atoms with Crippen LogP contribution in [-0.2, 0) is 28.6 Å². The summed E-state index contributed by atoms with van der Waals surface area (Å²) < 4.78 is 17.8. The number of aliphatic hydroxyl groups is 2. The number of carboxylic acids is 1. The van der Waals surface area contributed by atoms with E-state index in [4.69, 9.17) is 14.2 Å². The SMILES string of the molecule is CC(=O)OC1CC2(C)C(CCC3C4(C)CCC(O)C(C)C4C(OC(=O)C4CCOC4)C(O)C32C)/C1=C(\CCCC(C)C)C(=O)O. The lowest BCUT2D eigenvalue weighted by Crippen LogP contribution is -2.72. The van der Waals surface area contributed by atoms with Crippen LogP contribution in [0.15, 0.2) is 11.1 Å². The third-order valence-electron chi connectivity index (χ3n) is 13.4. The maximum atomic E-state index is 13.5. The fourth-order valence-electron chi connectivity index (χ4n) is 11.1. The molecule has 254 valence electrons. The first-order chi connectivity index (χ1) is 21.1. The van der Waals surface area contributed by atoms with E-state index in [1.165, 1.54) is 6.92 Å². The molecule has 4 aliphatic carbocycles. The zero-order valence-electron chi connectivity index (χ0n) is 28.3. The first-order valence-electron chi connectivity index (χ1n) is 17.4. The fourth-order valence-corrected chi connectivity index (χ4v) is 11.1. The molecule has 45 heavy (non-hydrogen) atoms. The highest BCUT2D eigenvalue weighted by atomic mass is 16.6. The van der Waals surface area contributed by atoms with Crippen molar-refractivity contribution in [3.8, 4) is 0 Å². The second-order valence-electron chi connectivity index (χ2n) is 16.1. The molecule has 0 aromatic heterocycles. The quantitative estimate of drug-likeness (QED) is 0.240. The van der Waals surface area contributed by atoms with Crippen LogP contribution in [-0.4, -0.2) is 70.9 Å². The molecule has 12 unspecified atom stereocenters. The van der Waals surface area contributed by atoms with E-state index in [1.807, 2.05) is 6.92 Å². The normalized spacial score (nSPS) is 45.3. The van der Waals surface area contributed by atoms with Crippen LogP contribution in [0.1, 0.15) is 106 Å². The summed E-state index contributed by atoms with van der Waals surface area (Å²) in [6.45, 7) is 14.9. The smallest absolute Gasteiger partial charge is 0.331 e. The van der Waals surface area contributed by atoms with Gasteiger partial charge in [-0.15, -0.1) is 0 Å².